The van der Waals surface area contributed by atoms with Crippen LogP contribution in [0.2, 0.25) is 0 Å². The van der Waals surface area contributed by atoms with Crippen LogP contribution in [0, 0.1) is 11.6 Å². The molecular formula is C14H11BrF2. The molecule has 0 saturated heterocycles. The zero-order valence-electron chi connectivity index (χ0n) is 9.04. The summed E-state index contributed by atoms with van der Waals surface area (Å²) >= 11 is 3.40. The van der Waals surface area contributed by atoms with Crippen molar-refractivity contribution in [2.45, 2.75) is 11.2 Å². The predicted molar refractivity (Wildman–Crippen MR) is 68.2 cm³/mol. The number of benzene rings is 2. The van der Waals surface area contributed by atoms with Crippen molar-refractivity contribution in [1.82, 2.24) is 0 Å². The highest BCUT2D eigenvalue weighted by Crippen LogP contribution is 2.29. The maximum Gasteiger partial charge on any atom is 0.127 e. The summed E-state index contributed by atoms with van der Waals surface area (Å²) in [5.41, 5.74) is 1.44. The molecule has 88 valence electrons. The molecular weight excluding hydrogens is 286 g/mol. The fraction of sp³-hybridized carbons (Fsp3) is 0.143. The number of hydrogen-bond acceptors (Lipinski definition) is 0. The van der Waals surface area contributed by atoms with Crippen molar-refractivity contribution in [1.29, 1.82) is 0 Å². The van der Waals surface area contributed by atoms with Gasteiger partial charge in [-0.2, -0.15) is 0 Å². The lowest BCUT2D eigenvalue weighted by Crippen LogP contribution is -1.99. The Hall–Kier alpha value is -1.22. The van der Waals surface area contributed by atoms with Crippen molar-refractivity contribution in [2.75, 3.05) is 0 Å². The van der Waals surface area contributed by atoms with Crippen molar-refractivity contribution in [3.63, 3.8) is 0 Å². The molecule has 1 atom stereocenters. The van der Waals surface area contributed by atoms with Crippen LogP contribution in [0.4, 0.5) is 8.78 Å². The smallest absolute Gasteiger partial charge is 0.127 e. The molecule has 0 amide bonds. The Kier molecular flexibility index (Phi) is 3.89. The predicted octanol–water partition coefficient (Wildman–Crippen LogP) is 4.64. The van der Waals surface area contributed by atoms with Gasteiger partial charge in [-0.3, -0.25) is 0 Å². The minimum atomic E-state index is -0.418. The van der Waals surface area contributed by atoms with Crippen LogP contribution in [-0.2, 0) is 6.42 Å². The normalized spacial score (nSPS) is 12.4. The second-order valence-electron chi connectivity index (χ2n) is 3.82. The van der Waals surface area contributed by atoms with Crippen LogP contribution in [0.1, 0.15) is 16.0 Å². The molecule has 0 aliphatic heterocycles. The molecule has 0 aliphatic carbocycles. The highest BCUT2D eigenvalue weighted by atomic mass is 79.9. The Morgan fingerprint density at radius 3 is 2.41 bits per heavy atom. The number of rotatable bonds is 3. The van der Waals surface area contributed by atoms with Crippen LogP contribution in [0.25, 0.3) is 0 Å². The zero-order valence-corrected chi connectivity index (χ0v) is 10.6. The van der Waals surface area contributed by atoms with Gasteiger partial charge in [0.15, 0.2) is 0 Å². The molecule has 3 heteroatoms. The third-order valence-electron chi connectivity index (χ3n) is 2.55. The average Bonchev–Trinajstić information content (AvgIpc) is 2.33. The first kappa shape index (κ1) is 12.2. The Morgan fingerprint density at radius 1 is 1.00 bits per heavy atom. The fourth-order valence-corrected chi connectivity index (χ4v) is 2.41. The van der Waals surface area contributed by atoms with E-state index in [0.29, 0.717) is 12.0 Å². The average molecular weight is 297 g/mol. The molecule has 17 heavy (non-hydrogen) atoms. The quantitative estimate of drug-likeness (QED) is 0.724. The number of halogens is 3. The summed E-state index contributed by atoms with van der Waals surface area (Å²) in [7, 11) is 0. The summed E-state index contributed by atoms with van der Waals surface area (Å²) in [6, 6.07) is 13.2. The summed E-state index contributed by atoms with van der Waals surface area (Å²) in [6.07, 6.45) is 0.626. The topological polar surface area (TPSA) is 0 Å². The van der Waals surface area contributed by atoms with Crippen LogP contribution in [0.3, 0.4) is 0 Å². The van der Waals surface area contributed by atoms with Gasteiger partial charge in [0, 0.05) is 10.4 Å². The highest BCUT2D eigenvalue weighted by molar-refractivity contribution is 9.09. The van der Waals surface area contributed by atoms with E-state index in [0.717, 1.165) is 17.7 Å². The Morgan fingerprint density at radius 2 is 1.71 bits per heavy atom. The van der Waals surface area contributed by atoms with Crippen LogP contribution in [-0.4, -0.2) is 0 Å². The minimum absolute atomic E-state index is 0.222. The lowest BCUT2D eigenvalue weighted by molar-refractivity contribution is 0.583. The SMILES string of the molecule is Fc1ccc(F)c(C(Br)Cc2ccccc2)c1. The molecule has 0 nitrogen and oxygen atoms in total. The van der Waals surface area contributed by atoms with Crippen LogP contribution in [0.15, 0.2) is 48.5 Å². The molecule has 0 fully saturated rings. The summed E-state index contributed by atoms with van der Waals surface area (Å²) < 4.78 is 26.6. The molecule has 0 saturated carbocycles. The Bertz CT molecular complexity index is 497. The van der Waals surface area contributed by atoms with E-state index < -0.39 is 5.82 Å². The van der Waals surface area contributed by atoms with Crippen LogP contribution < -0.4 is 0 Å². The van der Waals surface area contributed by atoms with Gasteiger partial charge in [-0.15, -0.1) is 0 Å². The molecule has 0 aliphatic rings. The van der Waals surface area contributed by atoms with Gasteiger partial charge in [-0.25, -0.2) is 8.78 Å². The van der Waals surface area contributed by atoms with E-state index >= 15 is 0 Å². The number of alkyl halides is 1. The molecule has 0 radical (unpaired) electrons. The van der Waals surface area contributed by atoms with E-state index in [1.54, 1.807) is 0 Å². The van der Waals surface area contributed by atoms with Gasteiger partial charge < -0.3 is 0 Å². The molecule has 1 unspecified atom stereocenters. The third kappa shape index (κ3) is 3.13. The zero-order chi connectivity index (χ0) is 12.3. The fourth-order valence-electron chi connectivity index (χ4n) is 1.69. The van der Waals surface area contributed by atoms with Crippen molar-refractivity contribution < 1.29 is 8.78 Å². The molecule has 2 aromatic carbocycles. The maximum atomic E-state index is 13.5. The Balaban J connectivity index is 2.20. The van der Waals surface area contributed by atoms with Gasteiger partial charge in [-0.05, 0) is 30.2 Å². The van der Waals surface area contributed by atoms with E-state index in [1.807, 2.05) is 30.3 Å². The molecule has 0 bridgehead atoms. The van der Waals surface area contributed by atoms with Crippen molar-refractivity contribution in [2.24, 2.45) is 0 Å². The molecule has 0 aromatic heterocycles. The second-order valence-corrected chi connectivity index (χ2v) is 4.93. The van der Waals surface area contributed by atoms with Gasteiger partial charge in [0.05, 0.1) is 0 Å². The first-order valence-corrected chi connectivity index (χ1v) is 6.21. The molecule has 0 heterocycles. The lowest BCUT2D eigenvalue weighted by atomic mass is 10.0. The number of hydrogen-bond donors (Lipinski definition) is 0. The highest BCUT2D eigenvalue weighted by Gasteiger charge is 2.14. The van der Waals surface area contributed by atoms with Crippen LogP contribution >= 0.6 is 15.9 Å². The monoisotopic (exact) mass is 296 g/mol. The minimum Gasteiger partial charge on any atom is -0.207 e. The molecule has 0 spiro atoms. The van der Waals surface area contributed by atoms with Gasteiger partial charge in [0.25, 0.3) is 0 Å². The summed E-state index contributed by atoms with van der Waals surface area (Å²) in [4.78, 5) is -0.222. The molecule has 0 N–H and O–H groups in total. The molecule has 2 rings (SSSR count). The summed E-state index contributed by atoms with van der Waals surface area (Å²) in [5, 5.41) is 0. The standard InChI is InChI=1S/C14H11BrF2/c15-13(8-10-4-2-1-3-5-10)12-9-11(16)6-7-14(12)17/h1-7,9,13H,8H2. The van der Waals surface area contributed by atoms with Crippen molar-refractivity contribution in [3.05, 3.63) is 71.3 Å². The molecule has 2 aromatic rings. The Labute approximate surface area is 107 Å². The van der Waals surface area contributed by atoms with Crippen molar-refractivity contribution in [3.8, 4) is 0 Å². The van der Waals surface area contributed by atoms with Crippen LogP contribution in [0.5, 0.6) is 0 Å². The van der Waals surface area contributed by atoms with E-state index in [1.165, 1.54) is 6.07 Å². The van der Waals surface area contributed by atoms with E-state index in [9.17, 15) is 8.78 Å². The van der Waals surface area contributed by atoms with E-state index in [-0.39, 0.29) is 10.6 Å². The third-order valence-corrected chi connectivity index (χ3v) is 3.37. The maximum absolute atomic E-state index is 13.5. The van der Waals surface area contributed by atoms with E-state index in [2.05, 4.69) is 15.9 Å². The summed E-state index contributed by atoms with van der Waals surface area (Å²) in [6.45, 7) is 0. The van der Waals surface area contributed by atoms with E-state index in [4.69, 9.17) is 0 Å². The second kappa shape index (κ2) is 5.41. The lowest BCUT2D eigenvalue weighted by Gasteiger charge is -2.11. The van der Waals surface area contributed by atoms with Gasteiger partial charge in [0.2, 0.25) is 0 Å². The summed E-state index contributed by atoms with van der Waals surface area (Å²) in [5.74, 6) is -0.803. The van der Waals surface area contributed by atoms with Crippen molar-refractivity contribution >= 4 is 15.9 Å². The van der Waals surface area contributed by atoms with Gasteiger partial charge in [0.1, 0.15) is 11.6 Å². The van der Waals surface area contributed by atoms with Gasteiger partial charge >= 0.3 is 0 Å². The van der Waals surface area contributed by atoms with Gasteiger partial charge in [-0.1, -0.05) is 46.3 Å². The largest absolute Gasteiger partial charge is 0.207 e. The first-order valence-electron chi connectivity index (χ1n) is 5.30. The first-order chi connectivity index (χ1) is 8.16.